The van der Waals surface area contributed by atoms with Crippen LogP contribution in [0, 0.1) is 5.21 Å². The Morgan fingerprint density at radius 2 is 1.93 bits per heavy atom. The molecule has 0 unspecified atom stereocenters. The van der Waals surface area contributed by atoms with E-state index in [1.165, 1.54) is 0 Å². The Bertz CT molecular complexity index is 223. The first-order valence-electron chi connectivity index (χ1n) is 5.46. The van der Waals surface area contributed by atoms with Gasteiger partial charge in [0.2, 0.25) is 5.91 Å². The molecule has 0 saturated carbocycles. The van der Waals surface area contributed by atoms with Crippen LogP contribution in [0.5, 0.6) is 0 Å². The van der Waals surface area contributed by atoms with Gasteiger partial charge >= 0.3 is 0 Å². The van der Waals surface area contributed by atoms with Gasteiger partial charge in [-0.15, -0.1) is 0 Å². The predicted molar refractivity (Wildman–Crippen MR) is 62.0 cm³/mol. The van der Waals surface area contributed by atoms with Crippen molar-refractivity contribution < 1.29 is 9.44 Å². The Morgan fingerprint density at radius 1 is 1.40 bits per heavy atom. The molecule has 88 valence electrons. The van der Waals surface area contributed by atoms with Gasteiger partial charge in [0, 0.05) is 18.5 Å². The van der Waals surface area contributed by atoms with Crippen molar-refractivity contribution in [2.75, 3.05) is 26.2 Å². The Hall–Kier alpha value is -0.870. The molecule has 0 fully saturated rings. The Labute approximate surface area is 92.1 Å². The smallest absolute Gasteiger partial charge is 0.246 e. The number of nitrogens with zero attached hydrogens (tertiary/aromatic N) is 1. The molecule has 4 heteroatoms. The summed E-state index contributed by atoms with van der Waals surface area (Å²) in [6.45, 7) is 11.3. The molecule has 0 aliphatic heterocycles. The predicted octanol–water partition coefficient (Wildman–Crippen LogP) is 1.42. The van der Waals surface area contributed by atoms with Gasteiger partial charge in [-0.05, 0) is 20.8 Å². The Morgan fingerprint density at radius 3 is 2.33 bits per heavy atom. The number of nitrogens with one attached hydrogen (secondary N) is 1. The van der Waals surface area contributed by atoms with E-state index in [1.807, 2.05) is 13.8 Å². The Kier molecular flexibility index (Phi) is 6.20. The van der Waals surface area contributed by atoms with E-state index in [1.54, 1.807) is 6.92 Å². The molecule has 0 rings (SSSR count). The maximum atomic E-state index is 11.8. The lowest BCUT2D eigenvalue weighted by molar-refractivity contribution is -0.877. The zero-order valence-corrected chi connectivity index (χ0v) is 10.0. The van der Waals surface area contributed by atoms with Crippen molar-refractivity contribution in [2.45, 2.75) is 27.2 Å². The third-order valence-corrected chi connectivity index (χ3v) is 2.57. The van der Waals surface area contributed by atoms with Gasteiger partial charge in [0.05, 0.1) is 19.6 Å². The highest BCUT2D eigenvalue weighted by atomic mass is 16.5. The molecule has 0 bridgehead atoms. The molecule has 0 aromatic carbocycles. The first kappa shape index (κ1) is 14.1. The number of hydrogen-bond donors (Lipinski definition) is 1. The summed E-state index contributed by atoms with van der Waals surface area (Å²) in [5.74, 6) is -0.132. The van der Waals surface area contributed by atoms with E-state index in [0.29, 0.717) is 38.2 Å². The molecule has 4 nitrogen and oxygen atoms in total. The maximum Gasteiger partial charge on any atom is 0.246 e. The largest absolute Gasteiger partial charge is 0.633 e. The highest BCUT2D eigenvalue weighted by Crippen LogP contribution is 2.03. The minimum atomic E-state index is -0.178. The number of hydrogen-bond acceptors (Lipinski definition) is 2. The second kappa shape index (κ2) is 6.58. The van der Waals surface area contributed by atoms with Crippen LogP contribution in [0.25, 0.3) is 0 Å². The number of carbonyl (C=O) groups excluding carboxylic acids is 1. The van der Waals surface area contributed by atoms with E-state index in [2.05, 4.69) is 11.9 Å². The average molecular weight is 214 g/mol. The molecule has 0 radical (unpaired) electrons. The topological polar surface area (TPSA) is 52.2 Å². The molecule has 1 amide bonds. The summed E-state index contributed by atoms with van der Waals surface area (Å²) < 4.78 is -0.178. The maximum absolute atomic E-state index is 11.8. The molecule has 0 aliphatic rings. The SMILES string of the molecule is C=C(C)C(=O)NCCC[N+]([O-])(CC)CC. The van der Waals surface area contributed by atoms with Crippen LogP contribution in [-0.2, 0) is 4.79 Å². The summed E-state index contributed by atoms with van der Waals surface area (Å²) in [4.78, 5) is 11.1. The lowest BCUT2D eigenvalue weighted by Crippen LogP contribution is -2.43. The zero-order chi connectivity index (χ0) is 11.9. The second-order valence-electron chi connectivity index (χ2n) is 3.80. The first-order valence-corrected chi connectivity index (χ1v) is 5.46. The summed E-state index contributed by atoms with van der Waals surface area (Å²) in [6, 6.07) is 0. The molecule has 0 heterocycles. The van der Waals surface area contributed by atoms with E-state index in [4.69, 9.17) is 0 Å². The summed E-state index contributed by atoms with van der Waals surface area (Å²) in [5.41, 5.74) is 0.504. The number of hydroxylamine groups is 3. The van der Waals surface area contributed by atoms with Gasteiger partial charge in [0.25, 0.3) is 0 Å². The van der Waals surface area contributed by atoms with Crippen LogP contribution < -0.4 is 5.32 Å². The van der Waals surface area contributed by atoms with Crippen LogP contribution in [0.4, 0.5) is 0 Å². The standard InChI is InChI=1S/C11H22N2O2/c1-5-13(15,6-2)9-7-8-12-11(14)10(3)4/h3,5-9H2,1-2,4H3,(H,12,14). The van der Waals surface area contributed by atoms with Crippen molar-refractivity contribution in [1.29, 1.82) is 0 Å². The fraction of sp³-hybridized carbons (Fsp3) is 0.727. The highest BCUT2D eigenvalue weighted by Gasteiger charge is 2.10. The van der Waals surface area contributed by atoms with Crippen molar-refractivity contribution in [1.82, 2.24) is 5.32 Å². The lowest BCUT2D eigenvalue weighted by Gasteiger charge is -2.41. The number of carbonyl (C=O) groups is 1. The quantitative estimate of drug-likeness (QED) is 0.301. The molecule has 0 atom stereocenters. The van der Waals surface area contributed by atoms with Crippen LogP contribution in [0.2, 0.25) is 0 Å². The van der Waals surface area contributed by atoms with E-state index >= 15 is 0 Å². The molecule has 0 saturated heterocycles. The molecular weight excluding hydrogens is 192 g/mol. The summed E-state index contributed by atoms with van der Waals surface area (Å²) in [6.07, 6.45) is 0.712. The molecule has 0 aliphatic carbocycles. The normalized spacial score (nSPS) is 11.2. The van der Waals surface area contributed by atoms with Gasteiger partial charge in [0.15, 0.2) is 0 Å². The van der Waals surface area contributed by atoms with Crippen LogP contribution in [0.1, 0.15) is 27.2 Å². The molecule has 1 N–H and O–H groups in total. The summed E-state index contributed by atoms with van der Waals surface area (Å²) in [5, 5.41) is 14.5. The fourth-order valence-electron chi connectivity index (χ4n) is 1.26. The van der Waals surface area contributed by atoms with Crippen molar-refractivity contribution in [3.63, 3.8) is 0 Å². The van der Waals surface area contributed by atoms with Crippen molar-refractivity contribution in [3.05, 3.63) is 17.4 Å². The number of quaternary nitrogens is 1. The van der Waals surface area contributed by atoms with E-state index in [0.717, 1.165) is 0 Å². The number of rotatable bonds is 7. The van der Waals surface area contributed by atoms with Crippen LogP contribution in [0.3, 0.4) is 0 Å². The van der Waals surface area contributed by atoms with Gasteiger partial charge < -0.3 is 15.2 Å². The molecular formula is C11H22N2O2. The summed E-state index contributed by atoms with van der Waals surface area (Å²) >= 11 is 0. The minimum absolute atomic E-state index is 0.132. The van der Waals surface area contributed by atoms with E-state index in [9.17, 15) is 10.0 Å². The minimum Gasteiger partial charge on any atom is -0.633 e. The van der Waals surface area contributed by atoms with Crippen LogP contribution in [0.15, 0.2) is 12.2 Å². The van der Waals surface area contributed by atoms with E-state index in [-0.39, 0.29) is 10.6 Å². The Balaban J connectivity index is 3.71. The van der Waals surface area contributed by atoms with Gasteiger partial charge in [-0.1, -0.05) is 6.58 Å². The van der Waals surface area contributed by atoms with Gasteiger partial charge in [-0.3, -0.25) is 4.79 Å². The van der Waals surface area contributed by atoms with Gasteiger partial charge in [0.1, 0.15) is 0 Å². The van der Waals surface area contributed by atoms with E-state index < -0.39 is 0 Å². The summed E-state index contributed by atoms with van der Waals surface area (Å²) in [7, 11) is 0. The molecule has 0 aromatic rings. The number of amides is 1. The molecule has 0 spiro atoms. The first-order chi connectivity index (χ1) is 6.95. The van der Waals surface area contributed by atoms with Crippen LogP contribution >= 0.6 is 0 Å². The van der Waals surface area contributed by atoms with Crippen molar-refractivity contribution in [2.24, 2.45) is 0 Å². The molecule has 0 aromatic heterocycles. The molecule has 15 heavy (non-hydrogen) atoms. The third kappa shape index (κ3) is 5.54. The third-order valence-electron chi connectivity index (χ3n) is 2.57. The lowest BCUT2D eigenvalue weighted by atomic mass is 10.3. The van der Waals surface area contributed by atoms with Crippen LogP contribution in [-0.4, -0.2) is 36.7 Å². The highest BCUT2D eigenvalue weighted by molar-refractivity contribution is 5.91. The van der Waals surface area contributed by atoms with Gasteiger partial charge in [-0.25, -0.2) is 0 Å². The monoisotopic (exact) mass is 214 g/mol. The zero-order valence-electron chi connectivity index (χ0n) is 10.0. The average Bonchev–Trinajstić information content (AvgIpc) is 2.23. The van der Waals surface area contributed by atoms with Gasteiger partial charge in [-0.2, -0.15) is 0 Å². The fourth-order valence-corrected chi connectivity index (χ4v) is 1.26. The van der Waals surface area contributed by atoms with Crippen molar-refractivity contribution in [3.8, 4) is 0 Å². The van der Waals surface area contributed by atoms with Crippen molar-refractivity contribution >= 4 is 5.91 Å². The second-order valence-corrected chi connectivity index (χ2v) is 3.80.